The molecular weight excluding hydrogens is 554 g/mol. The number of hydrogen-bond acceptors (Lipinski definition) is 4. The number of rotatable bonds is 11. The van der Waals surface area contributed by atoms with Gasteiger partial charge in [-0.1, -0.05) is 79.2 Å². The van der Waals surface area contributed by atoms with Crippen molar-refractivity contribution < 1.29 is 23.8 Å². The summed E-state index contributed by atoms with van der Waals surface area (Å²) in [7, 11) is 0. The van der Waals surface area contributed by atoms with E-state index in [1.54, 1.807) is 30.3 Å². The fourth-order valence-electron chi connectivity index (χ4n) is 3.71. The van der Waals surface area contributed by atoms with Gasteiger partial charge in [0.1, 0.15) is 10.8 Å². The van der Waals surface area contributed by atoms with Crippen LogP contribution in [-0.2, 0) is 4.79 Å². The summed E-state index contributed by atoms with van der Waals surface area (Å²) < 4.78 is 21.0. The molecular formula is C28H28Cl3FN2O4. The first-order valence-corrected chi connectivity index (χ1v) is 13.3. The molecule has 3 aromatic rings. The minimum Gasteiger partial charge on any atom is -0.504 e. The van der Waals surface area contributed by atoms with Gasteiger partial charge in [0.25, 0.3) is 11.8 Å². The molecule has 6 nitrogen and oxygen atoms in total. The van der Waals surface area contributed by atoms with Crippen LogP contribution in [0.4, 0.5) is 15.8 Å². The number of nitrogens with one attached hydrogen (secondary N) is 2. The predicted octanol–water partition coefficient (Wildman–Crippen LogP) is 8.41. The molecule has 0 saturated heterocycles. The zero-order valence-electron chi connectivity index (χ0n) is 20.9. The van der Waals surface area contributed by atoms with Gasteiger partial charge in [-0.25, -0.2) is 4.39 Å². The number of carbonyl (C=O) groups is 2. The van der Waals surface area contributed by atoms with Gasteiger partial charge in [-0.2, -0.15) is 0 Å². The molecule has 0 radical (unpaired) electrons. The zero-order valence-corrected chi connectivity index (χ0v) is 23.2. The number of phenolic OH excluding ortho intramolecular Hbond substituents is 1. The summed E-state index contributed by atoms with van der Waals surface area (Å²) in [6.07, 6.45) is 2.96. The summed E-state index contributed by atoms with van der Waals surface area (Å²) in [4.78, 5) is 25.8. The maximum atomic E-state index is 15.1. The largest absolute Gasteiger partial charge is 0.504 e. The highest BCUT2D eigenvalue weighted by molar-refractivity contribution is 6.36. The van der Waals surface area contributed by atoms with Crippen LogP contribution in [0.5, 0.6) is 11.5 Å². The van der Waals surface area contributed by atoms with Crippen molar-refractivity contribution in [1.82, 2.24) is 0 Å². The lowest BCUT2D eigenvalue weighted by molar-refractivity contribution is -0.123. The summed E-state index contributed by atoms with van der Waals surface area (Å²) in [6, 6.07) is 12.3. The number of aromatic hydroxyl groups is 1. The number of hydrogen-bond donors (Lipinski definition) is 3. The lowest BCUT2D eigenvalue weighted by Gasteiger charge is -2.21. The zero-order chi connectivity index (χ0) is 27.8. The maximum absolute atomic E-state index is 15.1. The number of unbranched alkanes of at least 4 members (excludes halogenated alkanes) is 3. The molecule has 0 aliphatic rings. The number of carbonyl (C=O) groups excluding carboxylic acids is 2. The van der Waals surface area contributed by atoms with Crippen molar-refractivity contribution in [3.63, 3.8) is 0 Å². The van der Waals surface area contributed by atoms with E-state index in [2.05, 4.69) is 17.6 Å². The lowest BCUT2D eigenvalue weighted by atomic mass is 10.1. The molecule has 0 aromatic heterocycles. The Hall–Kier alpha value is -3.00. The van der Waals surface area contributed by atoms with E-state index >= 15 is 4.39 Å². The minimum atomic E-state index is -0.996. The number of phenols is 1. The predicted molar refractivity (Wildman–Crippen MR) is 150 cm³/mol. The van der Waals surface area contributed by atoms with E-state index in [0.717, 1.165) is 30.9 Å². The average molecular weight is 582 g/mol. The topological polar surface area (TPSA) is 87.7 Å². The monoisotopic (exact) mass is 580 g/mol. The van der Waals surface area contributed by atoms with Crippen molar-refractivity contribution in [2.45, 2.75) is 52.1 Å². The van der Waals surface area contributed by atoms with Gasteiger partial charge in [-0.15, -0.1) is 0 Å². The van der Waals surface area contributed by atoms with Gasteiger partial charge in [-0.05, 0) is 49.6 Å². The normalized spacial score (nSPS) is 11.6. The van der Waals surface area contributed by atoms with Gasteiger partial charge in [0.05, 0.1) is 27.0 Å². The first-order valence-electron chi connectivity index (χ1n) is 12.1. The first kappa shape index (κ1) is 29.6. The molecule has 0 spiro atoms. The molecule has 1 unspecified atom stereocenters. The van der Waals surface area contributed by atoms with E-state index in [0.29, 0.717) is 23.6 Å². The Kier molecular flexibility index (Phi) is 10.6. The standard InChI is InChI=1S/C28H28Cl3FN2O4/c1-3-4-5-6-11-23(38-22-13-12-16(2)14-19(22)30)28(37)34-25-20(32)15-21(26(35)24(25)31)33-27(36)17-9-7-8-10-18(17)29/h7-10,12-15,23,35H,3-6,11H2,1-2H3,(H,33,36)(H,34,37). The van der Waals surface area contributed by atoms with E-state index in [1.165, 1.54) is 12.1 Å². The number of benzene rings is 3. The van der Waals surface area contributed by atoms with E-state index in [1.807, 2.05) is 6.92 Å². The van der Waals surface area contributed by atoms with Crippen molar-refractivity contribution in [3.8, 4) is 11.5 Å². The molecule has 10 heteroatoms. The highest BCUT2D eigenvalue weighted by atomic mass is 35.5. The number of aryl methyl sites for hydroxylation is 1. The summed E-state index contributed by atoms with van der Waals surface area (Å²) in [5.41, 5.74) is 0.328. The van der Waals surface area contributed by atoms with Crippen LogP contribution in [0.25, 0.3) is 0 Å². The Labute approximate surface area is 236 Å². The van der Waals surface area contributed by atoms with Crippen molar-refractivity contribution in [2.24, 2.45) is 0 Å². The van der Waals surface area contributed by atoms with Crippen LogP contribution in [0, 0.1) is 12.7 Å². The van der Waals surface area contributed by atoms with E-state index in [-0.39, 0.29) is 16.3 Å². The molecule has 0 heterocycles. The van der Waals surface area contributed by atoms with Crippen LogP contribution < -0.4 is 15.4 Å². The molecule has 0 saturated carbocycles. The third-order valence-electron chi connectivity index (χ3n) is 5.78. The van der Waals surface area contributed by atoms with Crippen molar-refractivity contribution in [3.05, 3.63) is 80.5 Å². The van der Waals surface area contributed by atoms with Crippen LogP contribution in [0.2, 0.25) is 15.1 Å². The minimum absolute atomic E-state index is 0.125. The fraction of sp³-hybridized carbons (Fsp3) is 0.286. The first-order chi connectivity index (χ1) is 18.1. The van der Waals surface area contributed by atoms with Crippen molar-refractivity contribution in [1.29, 1.82) is 0 Å². The average Bonchev–Trinajstić information content (AvgIpc) is 2.88. The maximum Gasteiger partial charge on any atom is 0.265 e. The molecule has 0 aliphatic heterocycles. The number of ether oxygens (including phenoxy) is 1. The second-order valence-corrected chi connectivity index (χ2v) is 9.95. The highest BCUT2D eigenvalue weighted by Gasteiger charge is 2.26. The third kappa shape index (κ3) is 7.53. The molecule has 3 aromatic carbocycles. The van der Waals surface area contributed by atoms with E-state index in [9.17, 15) is 14.7 Å². The van der Waals surface area contributed by atoms with Crippen LogP contribution in [0.15, 0.2) is 48.5 Å². The van der Waals surface area contributed by atoms with Gasteiger partial charge in [0.2, 0.25) is 0 Å². The fourth-order valence-corrected chi connectivity index (χ4v) is 4.45. The molecule has 38 heavy (non-hydrogen) atoms. The van der Waals surface area contributed by atoms with Crippen LogP contribution in [-0.4, -0.2) is 23.0 Å². The van der Waals surface area contributed by atoms with Crippen molar-refractivity contribution in [2.75, 3.05) is 10.6 Å². The Balaban J connectivity index is 1.82. The second-order valence-electron chi connectivity index (χ2n) is 8.76. The summed E-state index contributed by atoms with van der Waals surface area (Å²) in [5.74, 6) is -2.60. The Morgan fingerprint density at radius 2 is 1.74 bits per heavy atom. The summed E-state index contributed by atoms with van der Waals surface area (Å²) in [6.45, 7) is 3.95. The second kappa shape index (κ2) is 13.7. The van der Waals surface area contributed by atoms with Crippen LogP contribution in [0.3, 0.4) is 0 Å². The molecule has 0 aliphatic carbocycles. The molecule has 0 bridgehead atoms. The van der Waals surface area contributed by atoms with Gasteiger partial charge in [0, 0.05) is 6.07 Å². The Morgan fingerprint density at radius 3 is 2.42 bits per heavy atom. The summed E-state index contributed by atoms with van der Waals surface area (Å²) in [5, 5.41) is 15.4. The molecule has 0 fully saturated rings. The van der Waals surface area contributed by atoms with Gasteiger partial charge < -0.3 is 20.5 Å². The number of amides is 2. The van der Waals surface area contributed by atoms with Crippen LogP contribution in [0.1, 0.15) is 54.9 Å². The quantitative estimate of drug-likeness (QED) is 0.157. The number of halogens is 4. The third-order valence-corrected chi connectivity index (χ3v) is 6.77. The molecule has 2 amide bonds. The van der Waals surface area contributed by atoms with E-state index in [4.69, 9.17) is 39.5 Å². The van der Waals surface area contributed by atoms with Crippen molar-refractivity contribution >= 4 is 58.0 Å². The molecule has 3 N–H and O–H groups in total. The molecule has 202 valence electrons. The van der Waals surface area contributed by atoms with Gasteiger partial charge in [0.15, 0.2) is 17.7 Å². The van der Waals surface area contributed by atoms with Gasteiger partial charge in [-0.3, -0.25) is 9.59 Å². The smallest absolute Gasteiger partial charge is 0.265 e. The SMILES string of the molecule is CCCCCCC(Oc1ccc(C)cc1Cl)C(=O)Nc1c(F)cc(NC(=O)c2ccccc2Cl)c(O)c1Cl. The molecule has 1 atom stereocenters. The van der Waals surface area contributed by atoms with Crippen LogP contribution >= 0.6 is 34.8 Å². The number of anilines is 2. The van der Waals surface area contributed by atoms with E-state index < -0.39 is 40.2 Å². The molecule has 3 rings (SSSR count). The Morgan fingerprint density at radius 1 is 1.00 bits per heavy atom. The summed E-state index contributed by atoms with van der Waals surface area (Å²) >= 11 is 18.5. The Bertz CT molecular complexity index is 1320. The lowest BCUT2D eigenvalue weighted by Crippen LogP contribution is -2.33. The van der Waals surface area contributed by atoms with Gasteiger partial charge >= 0.3 is 0 Å². The highest BCUT2D eigenvalue weighted by Crippen LogP contribution is 2.40.